The number of rotatable bonds is 7. The van der Waals surface area contributed by atoms with Crippen molar-refractivity contribution in [2.75, 3.05) is 6.54 Å². The number of amides is 1. The molecule has 4 nitrogen and oxygen atoms in total. The molecule has 1 aromatic rings. The molecule has 0 aliphatic heterocycles. The van der Waals surface area contributed by atoms with E-state index in [4.69, 9.17) is 16.9 Å². The predicted molar refractivity (Wildman–Crippen MR) is 75.0 cm³/mol. The number of hydrogen-bond donors (Lipinski definition) is 1. The quantitative estimate of drug-likeness (QED) is 0.616. The molecule has 0 aliphatic rings. The Balaban J connectivity index is 2.54. The summed E-state index contributed by atoms with van der Waals surface area (Å²) in [4.78, 5) is 16.1. The van der Waals surface area contributed by atoms with Gasteiger partial charge in [-0.05, 0) is 31.4 Å². The Hall–Kier alpha value is -1.60. The zero-order valence-corrected chi connectivity index (χ0v) is 11.8. The van der Waals surface area contributed by atoms with Crippen molar-refractivity contribution in [3.8, 4) is 6.07 Å². The summed E-state index contributed by atoms with van der Waals surface area (Å²) in [6, 6.07) is 5.43. The fourth-order valence-corrected chi connectivity index (χ4v) is 1.93. The SMILES string of the molecule is CCCc1cc(C(=O)NCCCCC#N)cc(Cl)n1. The van der Waals surface area contributed by atoms with Gasteiger partial charge in [0.05, 0.1) is 6.07 Å². The molecule has 0 unspecified atom stereocenters. The second-order valence-corrected chi connectivity index (χ2v) is 4.68. The number of nitrogens with one attached hydrogen (secondary N) is 1. The lowest BCUT2D eigenvalue weighted by atomic mass is 10.1. The molecule has 0 aliphatic carbocycles. The van der Waals surface area contributed by atoms with Crippen molar-refractivity contribution >= 4 is 17.5 Å². The van der Waals surface area contributed by atoms with Crippen LogP contribution in [0.1, 0.15) is 48.7 Å². The summed E-state index contributed by atoms with van der Waals surface area (Å²) in [6.45, 7) is 2.63. The molecule has 102 valence electrons. The fourth-order valence-electron chi connectivity index (χ4n) is 1.70. The first-order valence-corrected chi connectivity index (χ1v) is 6.86. The molecule has 1 N–H and O–H groups in total. The van der Waals surface area contributed by atoms with Gasteiger partial charge in [-0.3, -0.25) is 4.79 Å². The van der Waals surface area contributed by atoms with E-state index in [9.17, 15) is 4.79 Å². The molecule has 0 radical (unpaired) electrons. The van der Waals surface area contributed by atoms with Gasteiger partial charge >= 0.3 is 0 Å². The van der Waals surface area contributed by atoms with Crippen molar-refractivity contribution in [1.29, 1.82) is 5.26 Å². The van der Waals surface area contributed by atoms with E-state index in [1.54, 1.807) is 12.1 Å². The van der Waals surface area contributed by atoms with E-state index < -0.39 is 0 Å². The van der Waals surface area contributed by atoms with Gasteiger partial charge < -0.3 is 5.32 Å². The number of carbonyl (C=O) groups is 1. The molecule has 0 saturated heterocycles. The van der Waals surface area contributed by atoms with Crippen LogP contribution in [-0.4, -0.2) is 17.4 Å². The van der Waals surface area contributed by atoms with E-state index in [1.807, 2.05) is 0 Å². The number of hydrogen-bond acceptors (Lipinski definition) is 3. The molecule has 1 rings (SSSR count). The lowest BCUT2D eigenvalue weighted by Crippen LogP contribution is -2.24. The van der Waals surface area contributed by atoms with Crippen molar-refractivity contribution in [3.63, 3.8) is 0 Å². The van der Waals surface area contributed by atoms with E-state index >= 15 is 0 Å². The molecular formula is C14H18ClN3O. The van der Waals surface area contributed by atoms with Crippen LogP contribution in [0, 0.1) is 11.3 Å². The number of pyridine rings is 1. The number of nitrogens with zero attached hydrogens (tertiary/aromatic N) is 2. The van der Waals surface area contributed by atoms with Crippen molar-refractivity contribution in [2.45, 2.75) is 39.0 Å². The number of unbranched alkanes of at least 4 members (excludes halogenated alkanes) is 2. The summed E-state index contributed by atoms with van der Waals surface area (Å²) >= 11 is 5.91. The number of nitriles is 1. The largest absolute Gasteiger partial charge is 0.352 e. The first-order chi connectivity index (χ1) is 9.17. The van der Waals surface area contributed by atoms with E-state index in [1.165, 1.54) is 0 Å². The van der Waals surface area contributed by atoms with Crippen LogP contribution in [-0.2, 0) is 6.42 Å². The Morgan fingerprint density at radius 1 is 1.47 bits per heavy atom. The van der Waals surface area contributed by atoms with Gasteiger partial charge in [0.1, 0.15) is 5.15 Å². The number of carbonyl (C=O) groups excluding carboxylic acids is 1. The van der Waals surface area contributed by atoms with Gasteiger partial charge in [0.2, 0.25) is 0 Å². The summed E-state index contributed by atoms with van der Waals surface area (Å²) in [5.41, 5.74) is 1.38. The standard InChI is InChI=1S/C14H18ClN3O/c1-2-6-12-9-11(10-13(15)18-12)14(19)17-8-5-3-4-7-16/h9-10H,2-6,8H2,1H3,(H,17,19). The average molecular weight is 280 g/mol. The number of halogens is 1. The van der Waals surface area contributed by atoms with Crippen LogP contribution < -0.4 is 5.32 Å². The van der Waals surface area contributed by atoms with Crippen LogP contribution >= 0.6 is 11.6 Å². The highest BCUT2D eigenvalue weighted by atomic mass is 35.5. The lowest BCUT2D eigenvalue weighted by molar-refractivity contribution is 0.0953. The maximum absolute atomic E-state index is 11.9. The van der Waals surface area contributed by atoms with Crippen LogP contribution in [0.4, 0.5) is 0 Å². The molecule has 5 heteroatoms. The van der Waals surface area contributed by atoms with Crippen LogP contribution in [0.15, 0.2) is 12.1 Å². The topological polar surface area (TPSA) is 65.8 Å². The van der Waals surface area contributed by atoms with Gasteiger partial charge in [0.25, 0.3) is 5.91 Å². The summed E-state index contributed by atoms with van der Waals surface area (Å²) in [5, 5.41) is 11.6. The highest BCUT2D eigenvalue weighted by molar-refractivity contribution is 6.29. The van der Waals surface area contributed by atoms with Gasteiger partial charge in [-0.15, -0.1) is 0 Å². The van der Waals surface area contributed by atoms with E-state index in [0.29, 0.717) is 23.7 Å². The monoisotopic (exact) mass is 279 g/mol. The van der Waals surface area contributed by atoms with Crippen LogP contribution in [0.5, 0.6) is 0 Å². The van der Waals surface area contributed by atoms with Gasteiger partial charge in [-0.2, -0.15) is 5.26 Å². The van der Waals surface area contributed by atoms with Crippen molar-refractivity contribution < 1.29 is 4.79 Å². The minimum Gasteiger partial charge on any atom is -0.352 e. The van der Waals surface area contributed by atoms with Crippen LogP contribution in [0.3, 0.4) is 0 Å². The van der Waals surface area contributed by atoms with Crippen LogP contribution in [0.25, 0.3) is 0 Å². The molecular weight excluding hydrogens is 262 g/mol. The molecule has 1 heterocycles. The lowest BCUT2D eigenvalue weighted by Gasteiger charge is -2.06. The molecule has 19 heavy (non-hydrogen) atoms. The zero-order valence-electron chi connectivity index (χ0n) is 11.1. The summed E-state index contributed by atoms with van der Waals surface area (Å²) in [7, 11) is 0. The second kappa shape index (κ2) is 8.49. The highest BCUT2D eigenvalue weighted by Crippen LogP contribution is 2.12. The maximum atomic E-state index is 11.9. The Morgan fingerprint density at radius 3 is 2.95 bits per heavy atom. The van der Waals surface area contributed by atoms with E-state index in [0.717, 1.165) is 31.4 Å². The summed E-state index contributed by atoms with van der Waals surface area (Å²) in [6.07, 6.45) is 3.90. The molecule has 0 spiro atoms. The molecule has 0 bridgehead atoms. The third-order valence-electron chi connectivity index (χ3n) is 2.62. The first-order valence-electron chi connectivity index (χ1n) is 6.49. The molecule has 0 atom stereocenters. The van der Waals surface area contributed by atoms with Gasteiger partial charge in [-0.25, -0.2) is 4.98 Å². The van der Waals surface area contributed by atoms with Crippen molar-refractivity contribution in [2.24, 2.45) is 0 Å². The fraction of sp³-hybridized carbons (Fsp3) is 0.500. The van der Waals surface area contributed by atoms with E-state index in [2.05, 4.69) is 23.3 Å². The molecule has 0 saturated carbocycles. The summed E-state index contributed by atoms with van der Waals surface area (Å²) < 4.78 is 0. The van der Waals surface area contributed by atoms with Crippen molar-refractivity contribution in [3.05, 3.63) is 28.5 Å². The normalized spacial score (nSPS) is 9.95. The summed E-state index contributed by atoms with van der Waals surface area (Å²) in [5.74, 6) is -0.140. The Labute approximate surface area is 118 Å². The van der Waals surface area contributed by atoms with Crippen LogP contribution in [0.2, 0.25) is 5.15 Å². The third kappa shape index (κ3) is 5.71. The minimum atomic E-state index is -0.140. The predicted octanol–water partition coefficient (Wildman–Crippen LogP) is 3.11. The van der Waals surface area contributed by atoms with Gasteiger partial charge in [0, 0.05) is 24.2 Å². The average Bonchev–Trinajstić information content (AvgIpc) is 2.38. The van der Waals surface area contributed by atoms with Crippen molar-refractivity contribution in [1.82, 2.24) is 10.3 Å². The number of aryl methyl sites for hydroxylation is 1. The van der Waals surface area contributed by atoms with Gasteiger partial charge in [0.15, 0.2) is 0 Å². The molecule has 0 fully saturated rings. The first kappa shape index (κ1) is 15.5. The number of aromatic nitrogens is 1. The maximum Gasteiger partial charge on any atom is 0.251 e. The molecule has 0 aromatic carbocycles. The molecule has 1 aromatic heterocycles. The third-order valence-corrected chi connectivity index (χ3v) is 2.81. The second-order valence-electron chi connectivity index (χ2n) is 4.29. The highest BCUT2D eigenvalue weighted by Gasteiger charge is 2.08. The minimum absolute atomic E-state index is 0.140. The van der Waals surface area contributed by atoms with E-state index in [-0.39, 0.29) is 5.91 Å². The molecule has 1 amide bonds. The smallest absolute Gasteiger partial charge is 0.251 e. The zero-order chi connectivity index (χ0) is 14.1. The Morgan fingerprint density at radius 2 is 2.26 bits per heavy atom. The Kier molecular flexibility index (Phi) is 6.91. The van der Waals surface area contributed by atoms with Gasteiger partial charge in [-0.1, -0.05) is 24.9 Å². The Bertz CT molecular complexity index is 468.